The number of hydrogen-bond donors (Lipinski definition) is 2. The Morgan fingerprint density at radius 1 is 0.966 bits per heavy atom. The summed E-state index contributed by atoms with van der Waals surface area (Å²) in [5.41, 5.74) is 4.07. The van der Waals surface area contributed by atoms with Gasteiger partial charge in [0, 0.05) is 39.8 Å². The smallest absolute Gasteiger partial charge is 0.191 e. The van der Waals surface area contributed by atoms with E-state index in [0.717, 1.165) is 64.7 Å². The first-order chi connectivity index (χ1) is 13.8. The first kappa shape index (κ1) is 23.6. The van der Waals surface area contributed by atoms with E-state index in [4.69, 9.17) is 4.74 Å². The van der Waals surface area contributed by atoms with Crippen LogP contribution in [0.1, 0.15) is 23.1 Å². The third kappa shape index (κ3) is 8.32. The van der Waals surface area contributed by atoms with Crippen molar-refractivity contribution >= 4 is 29.9 Å². The molecule has 3 rings (SSSR count). The number of rotatable bonds is 8. The van der Waals surface area contributed by atoms with Crippen molar-refractivity contribution < 1.29 is 4.74 Å². The average Bonchev–Trinajstić information content (AvgIpc) is 2.76. The number of guanidine groups is 1. The average molecular weight is 508 g/mol. The lowest BCUT2D eigenvalue weighted by Gasteiger charge is -2.27. The second-order valence-electron chi connectivity index (χ2n) is 7.10. The molecule has 0 radical (unpaired) electrons. The van der Waals surface area contributed by atoms with Crippen LogP contribution in [0.15, 0.2) is 59.6 Å². The van der Waals surface area contributed by atoms with Crippen molar-refractivity contribution in [2.75, 3.05) is 39.9 Å². The Hall–Kier alpha value is -1.64. The lowest BCUT2D eigenvalue weighted by Crippen LogP contribution is -2.38. The first-order valence-electron chi connectivity index (χ1n) is 10.2. The van der Waals surface area contributed by atoms with Crippen LogP contribution in [0.3, 0.4) is 0 Å². The first-order valence-corrected chi connectivity index (χ1v) is 10.2. The van der Waals surface area contributed by atoms with Crippen molar-refractivity contribution in [3.8, 4) is 0 Å². The largest absolute Gasteiger partial charge is 0.379 e. The van der Waals surface area contributed by atoms with Gasteiger partial charge in [-0.1, -0.05) is 54.6 Å². The summed E-state index contributed by atoms with van der Waals surface area (Å²) in [7, 11) is 1.83. The number of nitrogens with zero attached hydrogens (tertiary/aromatic N) is 2. The van der Waals surface area contributed by atoms with Gasteiger partial charge < -0.3 is 15.4 Å². The summed E-state index contributed by atoms with van der Waals surface area (Å²) >= 11 is 0. The van der Waals surface area contributed by atoms with Crippen LogP contribution in [0, 0.1) is 0 Å². The quantitative estimate of drug-likeness (QED) is 0.248. The van der Waals surface area contributed by atoms with Gasteiger partial charge in [0.15, 0.2) is 5.96 Å². The monoisotopic (exact) mass is 508 g/mol. The van der Waals surface area contributed by atoms with Crippen molar-refractivity contribution in [3.05, 3.63) is 71.3 Å². The lowest BCUT2D eigenvalue weighted by molar-refractivity contribution is 0.0341. The fourth-order valence-electron chi connectivity index (χ4n) is 3.43. The van der Waals surface area contributed by atoms with Gasteiger partial charge in [0.1, 0.15) is 0 Å². The fraction of sp³-hybridized carbons (Fsp3) is 0.435. The van der Waals surface area contributed by atoms with Crippen molar-refractivity contribution in [1.29, 1.82) is 0 Å². The molecule has 0 unspecified atom stereocenters. The zero-order chi connectivity index (χ0) is 19.4. The molecule has 5 nitrogen and oxygen atoms in total. The Morgan fingerprint density at radius 3 is 2.38 bits per heavy atom. The molecule has 1 heterocycles. The Morgan fingerprint density at radius 2 is 1.66 bits per heavy atom. The zero-order valence-electron chi connectivity index (χ0n) is 17.3. The molecule has 1 saturated heterocycles. The van der Waals surface area contributed by atoms with E-state index >= 15 is 0 Å². The molecule has 0 aliphatic carbocycles. The molecule has 0 atom stereocenters. The number of halogens is 1. The van der Waals surface area contributed by atoms with E-state index in [1.807, 2.05) is 7.05 Å². The second-order valence-corrected chi connectivity index (χ2v) is 7.10. The molecule has 2 N–H and O–H groups in total. The molecule has 0 saturated carbocycles. The molecular weight excluding hydrogens is 475 g/mol. The van der Waals surface area contributed by atoms with Crippen LogP contribution >= 0.6 is 24.0 Å². The minimum Gasteiger partial charge on any atom is -0.379 e. The lowest BCUT2D eigenvalue weighted by atomic mass is 10.1. The van der Waals surface area contributed by atoms with Crippen molar-refractivity contribution in [2.24, 2.45) is 4.99 Å². The van der Waals surface area contributed by atoms with Crippen molar-refractivity contribution in [2.45, 2.75) is 25.9 Å². The highest BCUT2D eigenvalue weighted by atomic mass is 127. The Labute approximate surface area is 192 Å². The van der Waals surface area contributed by atoms with E-state index in [2.05, 4.69) is 75.1 Å². The minimum atomic E-state index is 0. The maximum absolute atomic E-state index is 5.46. The van der Waals surface area contributed by atoms with Crippen LogP contribution in [0.25, 0.3) is 0 Å². The van der Waals surface area contributed by atoms with Crippen molar-refractivity contribution in [3.63, 3.8) is 0 Å². The van der Waals surface area contributed by atoms with Gasteiger partial charge in [0.25, 0.3) is 0 Å². The van der Waals surface area contributed by atoms with Gasteiger partial charge in [-0.05, 0) is 29.5 Å². The molecule has 0 amide bonds. The molecule has 29 heavy (non-hydrogen) atoms. The van der Waals surface area contributed by atoms with E-state index in [9.17, 15) is 0 Å². The van der Waals surface area contributed by atoms with Gasteiger partial charge in [0.2, 0.25) is 0 Å². The number of aliphatic imine (C=N–C) groups is 1. The summed E-state index contributed by atoms with van der Waals surface area (Å²) in [6.45, 7) is 6.34. The standard InChI is InChI=1S/C23H32N4O.HI/c1-24-23(25-13-7-10-20-8-3-2-4-9-20)26-18-21-11-5-6-12-22(21)19-27-14-16-28-17-15-27;/h2-6,8-9,11-12H,7,10,13-19H2,1H3,(H2,24,25,26);1H. The maximum Gasteiger partial charge on any atom is 0.191 e. The fourth-order valence-corrected chi connectivity index (χ4v) is 3.43. The molecule has 2 aromatic carbocycles. The maximum atomic E-state index is 5.46. The SMILES string of the molecule is CN=C(NCCCc1ccccc1)NCc1ccccc1CN1CCOCC1.I. The molecular formula is C23H33IN4O. The summed E-state index contributed by atoms with van der Waals surface area (Å²) < 4.78 is 5.46. The molecule has 1 fully saturated rings. The summed E-state index contributed by atoms with van der Waals surface area (Å²) in [5.74, 6) is 0.856. The van der Waals surface area contributed by atoms with Crippen LogP contribution < -0.4 is 10.6 Å². The zero-order valence-corrected chi connectivity index (χ0v) is 19.6. The number of hydrogen-bond acceptors (Lipinski definition) is 3. The topological polar surface area (TPSA) is 48.9 Å². The number of benzene rings is 2. The van der Waals surface area contributed by atoms with E-state index in [1.165, 1.54) is 16.7 Å². The molecule has 0 spiro atoms. The van der Waals surface area contributed by atoms with Gasteiger partial charge in [0.05, 0.1) is 13.2 Å². The third-order valence-corrected chi connectivity index (χ3v) is 5.06. The number of nitrogens with one attached hydrogen (secondary N) is 2. The van der Waals surface area contributed by atoms with Gasteiger partial charge >= 0.3 is 0 Å². The van der Waals surface area contributed by atoms with Crippen LogP contribution in [0.4, 0.5) is 0 Å². The third-order valence-electron chi connectivity index (χ3n) is 5.06. The van der Waals surface area contributed by atoms with Crippen LogP contribution in [0.5, 0.6) is 0 Å². The Bertz CT molecular complexity index is 733. The van der Waals surface area contributed by atoms with Gasteiger partial charge in [-0.25, -0.2) is 0 Å². The van der Waals surface area contributed by atoms with Gasteiger partial charge in [-0.15, -0.1) is 24.0 Å². The Balaban J connectivity index is 0.00000300. The van der Waals surface area contributed by atoms with Crippen LogP contribution in [-0.2, 0) is 24.2 Å². The normalized spacial score (nSPS) is 14.9. The van der Waals surface area contributed by atoms with Crippen LogP contribution in [0.2, 0.25) is 0 Å². The highest BCUT2D eigenvalue weighted by Gasteiger charge is 2.12. The number of aryl methyl sites for hydroxylation is 1. The summed E-state index contributed by atoms with van der Waals surface area (Å²) in [4.78, 5) is 6.82. The molecule has 158 valence electrons. The summed E-state index contributed by atoms with van der Waals surface area (Å²) in [5, 5.41) is 6.88. The van der Waals surface area contributed by atoms with E-state index in [-0.39, 0.29) is 24.0 Å². The van der Waals surface area contributed by atoms with Gasteiger partial charge in [-0.3, -0.25) is 9.89 Å². The highest BCUT2D eigenvalue weighted by Crippen LogP contribution is 2.13. The molecule has 0 aromatic heterocycles. The molecule has 6 heteroatoms. The summed E-state index contributed by atoms with van der Waals surface area (Å²) in [6, 6.07) is 19.3. The van der Waals surface area contributed by atoms with E-state index in [0.29, 0.717) is 0 Å². The van der Waals surface area contributed by atoms with E-state index < -0.39 is 0 Å². The van der Waals surface area contributed by atoms with Crippen molar-refractivity contribution in [1.82, 2.24) is 15.5 Å². The predicted octanol–water partition coefficient (Wildman–Crippen LogP) is 3.43. The Kier molecular flexibility index (Phi) is 11.1. The second kappa shape index (κ2) is 13.6. The number of morpholine rings is 1. The molecule has 1 aliphatic rings. The molecule has 2 aromatic rings. The number of ether oxygens (including phenoxy) is 1. The van der Waals surface area contributed by atoms with Gasteiger partial charge in [-0.2, -0.15) is 0 Å². The van der Waals surface area contributed by atoms with E-state index in [1.54, 1.807) is 0 Å². The summed E-state index contributed by atoms with van der Waals surface area (Å²) in [6.07, 6.45) is 2.16. The molecule has 1 aliphatic heterocycles. The molecule has 0 bridgehead atoms. The predicted molar refractivity (Wildman–Crippen MR) is 131 cm³/mol. The highest BCUT2D eigenvalue weighted by molar-refractivity contribution is 14.0. The minimum absolute atomic E-state index is 0. The van der Waals surface area contributed by atoms with Crippen LogP contribution in [-0.4, -0.2) is 50.8 Å².